The summed E-state index contributed by atoms with van der Waals surface area (Å²) in [5.41, 5.74) is 0.322. The number of ether oxygens (including phenoxy) is 1. The predicted molar refractivity (Wildman–Crippen MR) is 56.9 cm³/mol. The van der Waals surface area contributed by atoms with E-state index in [1.807, 2.05) is 0 Å². The lowest BCUT2D eigenvalue weighted by Crippen LogP contribution is -2.14. The molecule has 0 aromatic carbocycles. The third kappa shape index (κ3) is 3.52. The molecule has 1 rings (SSSR count). The number of esters is 1. The Balaban J connectivity index is 2.22. The Morgan fingerprint density at radius 1 is 1.57 bits per heavy atom. The average molecular weight is 196 g/mol. The molecule has 2 heteroatoms. The molecule has 1 fully saturated rings. The van der Waals surface area contributed by atoms with Crippen LogP contribution in [0.2, 0.25) is 0 Å². The van der Waals surface area contributed by atoms with Gasteiger partial charge in [-0.25, -0.2) is 4.79 Å². The minimum absolute atomic E-state index is 0.291. The molecule has 0 bridgehead atoms. The van der Waals surface area contributed by atoms with E-state index in [0.29, 0.717) is 12.0 Å². The first-order chi connectivity index (χ1) is 6.58. The van der Waals surface area contributed by atoms with E-state index < -0.39 is 0 Å². The molecule has 0 radical (unpaired) electrons. The number of carbonyl (C=O) groups excluding carboxylic acids is 1. The Hall–Kier alpha value is -0.790. The van der Waals surface area contributed by atoms with Crippen molar-refractivity contribution in [2.75, 3.05) is 6.61 Å². The molecular formula is C12H20O2. The highest BCUT2D eigenvalue weighted by Gasteiger charge is 2.43. The maximum Gasteiger partial charge on any atom is 0.330 e. The summed E-state index contributed by atoms with van der Waals surface area (Å²) in [6, 6.07) is 0. The Morgan fingerprint density at radius 2 is 2.21 bits per heavy atom. The van der Waals surface area contributed by atoms with Crippen LogP contribution < -0.4 is 0 Å². The van der Waals surface area contributed by atoms with Crippen molar-refractivity contribution < 1.29 is 9.53 Å². The molecule has 0 aromatic rings. The fourth-order valence-electron chi connectivity index (χ4n) is 1.52. The Morgan fingerprint density at radius 3 is 2.64 bits per heavy atom. The first kappa shape index (κ1) is 11.3. The van der Waals surface area contributed by atoms with Crippen molar-refractivity contribution in [2.45, 2.75) is 39.5 Å². The molecule has 0 amide bonds. The highest BCUT2D eigenvalue weighted by atomic mass is 16.5. The smallest absolute Gasteiger partial charge is 0.330 e. The van der Waals surface area contributed by atoms with Crippen LogP contribution in [-0.2, 0) is 9.53 Å². The van der Waals surface area contributed by atoms with Crippen LogP contribution in [0.4, 0.5) is 0 Å². The maximum atomic E-state index is 10.9. The van der Waals surface area contributed by atoms with Gasteiger partial charge in [0.05, 0.1) is 6.61 Å². The van der Waals surface area contributed by atoms with Gasteiger partial charge in [0.15, 0.2) is 0 Å². The summed E-state index contributed by atoms with van der Waals surface area (Å²) in [7, 11) is 0. The summed E-state index contributed by atoms with van der Waals surface area (Å²) in [4.78, 5) is 10.9. The highest BCUT2D eigenvalue weighted by molar-refractivity contribution is 5.81. The van der Waals surface area contributed by atoms with Crippen molar-refractivity contribution in [3.63, 3.8) is 0 Å². The van der Waals surface area contributed by atoms with Crippen molar-refractivity contribution in [1.29, 1.82) is 0 Å². The normalized spacial score (nSPS) is 17.9. The van der Waals surface area contributed by atoms with Crippen LogP contribution >= 0.6 is 0 Å². The average Bonchev–Trinajstić information content (AvgIpc) is 2.92. The van der Waals surface area contributed by atoms with Gasteiger partial charge in [0, 0.05) is 11.5 Å². The lowest BCUT2D eigenvalue weighted by molar-refractivity contribution is -0.139. The minimum Gasteiger partial charge on any atom is -0.462 e. The standard InChI is InChI=1S/C12H20O2/c1-4-11(13)14-9-12(7-8-12)6-5-10(2)3/h4,10H,1,5-9H2,2-3H3. The van der Waals surface area contributed by atoms with Gasteiger partial charge in [0.2, 0.25) is 0 Å². The largest absolute Gasteiger partial charge is 0.462 e. The van der Waals surface area contributed by atoms with Gasteiger partial charge in [0.1, 0.15) is 0 Å². The van der Waals surface area contributed by atoms with Crippen LogP contribution in [0, 0.1) is 11.3 Å². The highest BCUT2D eigenvalue weighted by Crippen LogP contribution is 2.50. The van der Waals surface area contributed by atoms with Crippen LogP contribution in [0.15, 0.2) is 12.7 Å². The lowest BCUT2D eigenvalue weighted by atomic mass is 9.96. The zero-order chi connectivity index (χ0) is 10.6. The van der Waals surface area contributed by atoms with Crippen molar-refractivity contribution in [1.82, 2.24) is 0 Å². The quantitative estimate of drug-likeness (QED) is 0.482. The van der Waals surface area contributed by atoms with E-state index in [1.165, 1.54) is 31.8 Å². The van der Waals surface area contributed by atoms with E-state index in [9.17, 15) is 4.79 Å². The van der Waals surface area contributed by atoms with Crippen LogP contribution in [0.3, 0.4) is 0 Å². The fourth-order valence-corrected chi connectivity index (χ4v) is 1.52. The first-order valence-electron chi connectivity index (χ1n) is 5.37. The molecule has 80 valence electrons. The summed E-state index contributed by atoms with van der Waals surface area (Å²) in [6.07, 6.45) is 6.08. The van der Waals surface area contributed by atoms with Crippen molar-refractivity contribution in [2.24, 2.45) is 11.3 Å². The van der Waals surface area contributed by atoms with E-state index in [1.54, 1.807) is 0 Å². The second-order valence-electron chi connectivity index (χ2n) is 4.74. The molecule has 0 spiro atoms. The van der Waals surface area contributed by atoms with Gasteiger partial charge in [-0.3, -0.25) is 0 Å². The van der Waals surface area contributed by atoms with Gasteiger partial charge in [-0.15, -0.1) is 0 Å². The zero-order valence-corrected chi connectivity index (χ0v) is 9.21. The van der Waals surface area contributed by atoms with Crippen LogP contribution in [0.5, 0.6) is 0 Å². The summed E-state index contributed by atoms with van der Waals surface area (Å²) >= 11 is 0. The van der Waals surface area contributed by atoms with E-state index in [-0.39, 0.29) is 5.97 Å². The Bertz CT molecular complexity index is 214. The maximum absolute atomic E-state index is 10.9. The lowest BCUT2D eigenvalue weighted by Gasteiger charge is -2.15. The Kier molecular flexibility index (Phi) is 3.73. The monoisotopic (exact) mass is 196 g/mol. The number of carbonyl (C=O) groups is 1. The summed E-state index contributed by atoms with van der Waals surface area (Å²) in [6.45, 7) is 8.43. The molecule has 14 heavy (non-hydrogen) atoms. The zero-order valence-electron chi connectivity index (χ0n) is 9.21. The van der Waals surface area contributed by atoms with E-state index in [0.717, 1.165) is 5.92 Å². The second-order valence-corrected chi connectivity index (χ2v) is 4.74. The fraction of sp³-hybridized carbons (Fsp3) is 0.750. The van der Waals surface area contributed by atoms with Crippen molar-refractivity contribution >= 4 is 5.97 Å². The van der Waals surface area contributed by atoms with Crippen LogP contribution in [-0.4, -0.2) is 12.6 Å². The third-order valence-electron chi connectivity index (χ3n) is 2.90. The number of hydrogen-bond donors (Lipinski definition) is 0. The first-order valence-corrected chi connectivity index (χ1v) is 5.37. The van der Waals surface area contributed by atoms with Crippen LogP contribution in [0.25, 0.3) is 0 Å². The van der Waals surface area contributed by atoms with Crippen LogP contribution in [0.1, 0.15) is 39.5 Å². The van der Waals surface area contributed by atoms with Crippen molar-refractivity contribution in [3.05, 3.63) is 12.7 Å². The molecular weight excluding hydrogens is 176 g/mol. The SMILES string of the molecule is C=CC(=O)OCC1(CCC(C)C)CC1. The molecule has 0 saturated heterocycles. The molecule has 0 aliphatic heterocycles. The van der Waals surface area contributed by atoms with E-state index in [4.69, 9.17) is 4.74 Å². The summed E-state index contributed by atoms with van der Waals surface area (Å²) in [5, 5.41) is 0. The predicted octanol–water partition coefficient (Wildman–Crippen LogP) is 2.93. The summed E-state index contributed by atoms with van der Waals surface area (Å²) < 4.78 is 5.09. The molecule has 1 saturated carbocycles. The van der Waals surface area contributed by atoms with Crippen molar-refractivity contribution in [3.8, 4) is 0 Å². The molecule has 1 aliphatic carbocycles. The molecule has 2 nitrogen and oxygen atoms in total. The molecule has 0 heterocycles. The van der Waals surface area contributed by atoms with E-state index >= 15 is 0 Å². The molecule has 1 aliphatic rings. The third-order valence-corrected chi connectivity index (χ3v) is 2.90. The minimum atomic E-state index is -0.291. The van der Waals surface area contributed by atoms with Gasteiger partial charge >= 0.3 is 5.97 Å². The summed E-state index contributed by atoms with van der Waals surface area (Å²) in [5.74, 6) is 0.448. The molecule has 0 unspecified atom stereocenters. The molecule has 0 aromatic heterocycles. The molecule has 0 N–H and O–H groups in total. The topological polar surface area (TPSA) is 26.3 Å². The second kappa shape index (κ2) is 4.63. The van der Waals surface area contributed by atoms with Gasteiger partial charge in [-0.05, 0) is 25.2 Å². The van der Waals surface area contributed by atoms with Gasteiger partial charge in [0.25, 0.3) is 0 Å². The Labute approximate surface area is 86.3 Å². The van der Waals surface area contributed by atoms with Gasteiger partial charge in [-0.1, -0.05) is 26.8 Å². The number of rotatable bonds is 6. The van der Waals surface area contributed by atoms with Gasteiger partial charge in [-0.2, -0.15) is 0 Å². The van der Waals surface area contributed by atoms with Gasteiger partial charge < -0.3 is 4.74 Å². The number of hydrogen-bond acceptors (Lipinski definition) is 2. The van der Waals surface area contributed by atoms with E-state index in [2.05, 4.69) is 20.4 Å². The molecule has 0 atom stereocenters.